The first-order valence-electron chi connectivity index (χ1n) is 11.6. The lowest BCUT2D eigenvalue weighted by Gasteiger charge is -2.57. The molecule has 0 aromatic heterocycles. The van der Waals surface area contributed by atoms with Gasteiger partial charge in [-0.3, -0.25) is 0 Å². The molecule has 4 saturated carbocycles. The van der Waals surface area contributed by atoms with Crippen molar-refractivity contribution in [3.63, 3.8) is 0 Å². The van der Waals surface area contributed by atoms with Crippen LogP contribution in [0.5, 0.6) is 0 Å². The van der Waals surface area contributed by atoms with Crippen molar-refractivity contribution in [2.45, 2.75) is 49.8 Å². The highest BCUT2D eigenvalue weighted by Gasteiger charge is 2.50. The van der Waals surface area contributed by atoms with Gasteiger partial charge in [0.05, 0.1) is 4.90 Å². The second kappa shape index (κ2) is 8.03. The summed E-state index contributed by atoms with van der Waals surface area (Å²) in [5.41, 5.74) is 0.286. The van der Waals surface area contributed by atoms with Crippen molar-refractivity contribution >= 4 is 16.1 Å². The fourth-order valence-electron chi connectivity index (χ4n) is 6.97. The Labute approximate surface area is 184 Å². The quantitative estimate of drug-likeness (QED) is 0.766. The zero-order valence-corrected chi connectivity index (χ0v) is 18.7. The van der Waals surface area contributed by atoms with Gasteiger partial charge in [0.2, 0.25) is 10.0 Å². The Bertz CT molecular complexity index is 899. The fourth-order valence-corrected chi connectivity index (χ4v) is 8.44. The van der Waals surface area contributed by atoms with E-state index in [1.165, 1.54) is 55.0 Å². The van der Waals surface area contributed by atoms with E-state index in [9.17, 15) is 17.6 Å². The molecule has 1 aromatic carbocycles. The number of carbonyl (C=O) groups excluding carboxylic acids is 1. The van der Waals surface area contributed by atoms with Gasteiger partial charge >= 0.3 is 6.03 Å². The number of sulfonamides is 1. The van der Waals surface area contributed by atoms with Gasteiger partial charge in [0.25, 0.3) is 0 Å². The number of urea groups is 1. The fraction of sp³-hybridized carbons (Fsp3) is 0.696. The maximum atomic E-state index is 13.2. The van der Waals surface area contributed by atoms with E-state index in [0.29, 0.717) is 26.1 Å². The van der Waals surface area contributed by atoms with E-state index in [-0.39, 0.29) is 22.9 Å². The van der Waals surface area contributed by atoms with Crippen molar-refractivity contribution in [1.82, 2.24) is 14.5 Å². The van der Waals surface area contributed by atoms with Crippen LogP contribution < -0.4 is 5.32 Å². The molecule has 0 radical (unpaired) electrons. The number of nitrogens with one attached hydrogen (secondary N) is 1. The molecule has 0 spiro atoms. The summed E-state index contributed by atoms with van der Waals surface area (Å²) in [7, 11) is -3.69. The van der Waals surface area contributed by atoms with Crippen LogP contribution in [0.1, 0.15) is 44.9 Å². The number of amides is 2. The van der Waals surface area contributed by atoms with Gasteiger partial charge in [-0.2, -0.15) is 4.31 Å². The van der Waals surface area contributed by atoms with Gasteiger partial charge in [0.1, 0.15) is 5.82 Å². The molecule has 8 heteroatoms. The predicted molar refractivity (Wildman–Crippen MR) is 115 cm³/mol. The first-order valence-corrected chi connectivity index (χ1v) is 13.1. The standard InChI is InChI=1S/C23H32FN3O3S/c24-20-2-4-21(5-3-20)31(29,30)27-7-1-6-26(8-9-27)22(28)25-16-23-13-17-10-18(14-23)12-19(11-17)15-23/h2-5,17-19H,1,6-16H2,(H,25,28). The number of hydrogen-bond acceptors (Lipinski definition) is 3. The molecule has 5 fully saturated rings. The topological polar surface area (TPSA) is 69.7 Å². The third-order valence-electron chi connectivity index (χ3n) is 7.97. The highest BCUT2D eigenvalue weighted by atomic mass is 32.2. The minimum absolute atomic E-state index is 0.0724. The largest absolute Gasteiger partial charge is 0.337 e. The van der Waals surface area contributed by atoms with Crippen molar-refractivity contribution in [2.75, 3.05) is 32.7 Å². The van der Waals surface area contributed by atoms with Crippen LogP contribution in [0, 0.1) is 29.0 Å². The highest BCUT2D eigenvalue weighted by Crippen LogP contribution is 2.59. The Kier molecular flexibility index (Phi) is 5.49. The number of nitrogens with zero attached hydrogens (tertiary/aromatic N) is 2. The summed E-state index contributed by atoms with van der Waals surface area (Å²) >= 11 is 0. The monoisotopic (exact) mass is 449 g/mol. The Morgan fingerprint density at radius 1 is 0.968 bits per heavy atom. The van der Waals surface area contributed by atoms with Crippen LogP contribution in [0.2, 0.25) is 0 Å². The molecule has 0 atom stereocenters. The minimum Gasteiger partial charge on any atom is -0.337 e. The van der Waals surface area contributed by atoms with Gasteiger partial charge in [0.15, 0.2) is 0 Å². The first-order chi connectivity index (χ1) is 14.8. The van der Waals surface area contributed by atoms with Crippen molar-refractivity contribution in [1.29, 1.82) is 0 Å². The number of benzene rings is 1. The highest BCUT2D eigenvalue weighted by molar-refractivity contribution is 7.89. The Balaban J connectivity index is 1.18. The van der Waals surface area contributed by atoms with Gasteiger partial charge < -0.3 is 10.2 Å². The van der Waals surface area contributed by atoms with Crippen LogP contribution in [0.25, 0.3) is 0 Å². The van der Waals surface area contributed by atoms with E-state index in [0.717, 1.165) is 36.4 Å². The molecule has 1 N–H and O–H groups in total. The molecule has 6 rings (SSSR count). The molecule has 170 valence electrons. The van der Waals surface area contributed by atoms with Crippen LogP contribution >= 0.6 is 0 Å². The molecular weight excluding hydrogens is 417 g/mol. The van der Waals surface area contributed by atoms with E-state index in [4.69, 9.17) is 0 Å². The first kappa shape index (κ1) is 21.2. The van der Waals surface area contributed by atoms with E-state index in [2.05, 4.69) is 5.32 Å². The summed E-state index contributed by atoms with van der Waals surface area (Å²) < 4.78 is 40.4. The van der Waals surface area contributed by atoms with E-state index in [1.807, 2.05) is 0 Å². The molecule has 1 saturated heterocycles. The summed E-state index contributed by atoms with van der Waals surface area (Å²) in [6.07, 6.45) is 8.51. The van der Waals surface area contributed by atoms with Crippen LogP contribution in [0.4, 0.5) is 9.18 Å². The van der Waals surface area contributed by atoms with Gasteiger partial charge in [-0.1, -0.05) is 0 Å². The lowest BCUT2D eigenvalue weighted by Crippen LogP contribution is -2.53. The summed E-state index contributed by atoms with van der Waals surface area (Å²) in [5, 5.41) is 3.21. The van der Waals surface area contributed by atoms with E-state index >= 15 is 0 Å². The van der Waals surface area contributed by atoms with Gasteiger partial charge in [-0.05, 0) is 92.4 Å². The zero-order chi connectivity index (χ0) is 21.6. The van der Waals surface area contributed by atoms with E-state index in [1.54, 1.807) is 4.90 Å². The molecule has 0 unspecified atom stereocenters. The molecule has 1 heterocycles. The second-order valence-electron chi connectivity index (χ2n) is 10.3. The van der Waals surface area contributed by atoms with Crippen molar-refractivity contribution in [3.05, 3.63) is 30.1 Å². The molecular formula is C23H32FN3O3S. The van der Waals surface area contributed by atoms with Gasteiger partial charge in [0, 0.05) is 32.7 Å². The molecule has 6 nitrogen and oxygen atoms in total. The molecule has 2 amide bonds. The molecule has 31 heavy (non-hydrogen) atoms. The summed E-state index contributed by atoms with van der Waals surface area (Å²) in [6, 6.07) is 4.85. The Hall–Kier alpha value is -1.67. The third kappa shape index (κ3) is 4.21. The molecule has 1 aliphatic heterocycles. The lowest BCUT2D eigenvalue weighted by molar-refractivity contribution is -0.0502. The molecule has 4 bridgehead atoms. The maximum absolute atomic E-state index is 13.2. The SMILES string of the molecule is O=C(NCC12CC3CC(CC(C3)C1)C2)N1CCCN(S(=O)(=O)c2ccc(F)cc2)CC1. The average molecular weight is 450 g/mol. The predicted octanol–water partition coefficient (Wildman–Crippen LogP) is 3.45. The van der Waals surface area contributed by atoms with Crippen molar-refractivity contribution in [3.8, 4) is 0 Å². The molecule has 1 aromatic rings. The van der Waals surface area contributed by atoms with Crippen molar-refractivity contribution in [2.24, 2.45) is 23.2 Å². The number of halogens is 1. The van der Waals surface area contributed by atoms with Gasteiger partial charge in [-0.25, -0.2) is 17.6 Å². The van der Waals surface area contributed by atoms with Gasteiger partial charge in [-0.15, -0.1) is 0 Å². The smallest absolute Gasteiger partial charge is 0.317 e. The van der Waals surface area contributed by atoms with Crippen LogP contribution in [-0.2, 0) is 10.0 Å². The number of rotatable bonds is 4. The molecule has 4 aliphatic carbocycles. The van der Waals surface area contributed by atoms with Crippen molar-refractivity contribution < 1.29 is 17.6 Å². The average Bonchev–Trinajstić information content (AvgIpc) is 2.98. The minimum atomic E-state index is -3.69. The second-order valence-corrected chi connectivity index (χ2v) is 12.2. The van der Waals surface area contributed by atoms with E-state index < -0.39 is 15.8 Å². The number of carbonyl (C=O) groups is 1. The Morgan fingerprint density at radius 2 is 1.58 bits per heavy atom. The summed E-state index contributed by atoms with van der Waals surface area (Å²) in [5.74, 6) is 2.10. The molecule has 5 aliphatic rings. The van der Waals surface area contributed by atoms with Crippen LogP contribution in [-0.4, -0.2) is 56.4 Å². The zero-order valence-electron chi connectivity index (χ0n) is 17.9. The third-order valence-corrected chi connectivity index (χ3v) is 9.89. The lowest BCUT2D eigenvalue weighted by atomic mass is 9.49. The Morgan fingerprint density at radius 3 is 2.19 bits per heavy atom. The number of hydrogen-bond donors (Lipinski definition) is 1. The summed E-state index contributed by atoms with van der Waals surface area (Å²) in [4.78, 5) is 14.8. The summed E-state index contributed by atoms with van der Waals surface area (Å²) in [6.45, 7) is 2.28. The van der Waals surface area contributed by atoms with Crippen LogP contribution in [0.3, 0.4) is 0 Å². The normalized spacial score (nSPS) is 33.3. The maximum Gasteiger partial charge on any atom is 0.317 e. The van der Waals surface area contributed by atoms with Crippen LogP contribution in [0.15, 0.2) is 29.2 Å².